The van der Waals surface area contributed by atoms with Gasteiger partial charge >= 0.3 is 11.9 Å². The highest BCUT2D eigenvalue weighted by Gasteiger charge is 2.28. The van der Waals surface area contributed by atoms with Gasteiger partial charge in [0.15, 0.2) is 0 Å². The number of rotatable bonds is 12. The SMILES string of the molecule is CC(C)C(NS(=O)(=O)c1ccc(-c2ccccc2)cc1)C(=O)O.CC(N)c1ccccc1.CC(NS(=O)(=O)c1ccc(-c2ccccc2)cc1)C(=O)O.CC1CCCCN1. The number of nitrogens with one attached hydrogen (secondary N) is 3. The number of aliphatic carboxylic acids is 2. The van der Waals surface area contributed by atoms with E-state index in [9.17, 15) is 26.4 Å². The van der Waals surface area contributed by atoms with Crippen LogP contribution in [0.4, 0.5) is 0 Å². The normalized spacial score (nSPS) is 15.3. The Morgan fingerprint density at radius 3 is 1.30 bits per heavy atom. The van der Waals surface area contributed by atoms with E-state index in [4.69, 9.17) is 15.9 Å². The molecule has 1 heterocycles. The summed E-state index contributed by atoms with van der Waals surface area (Å²) in [5.41, 5.74) is 10.5. The number of carbonyl (C=O) groups is 2. The molecule has 0 spiro atoms. The summed E-state index contributed by atoms with van der Waals surface area (Å²) < 4.78 is 53.0. The van der Waals surface area contributed by atoms with Crippen LogP contribution in [-0.2, 0) is 29.6 Å². The van der Waals surface area contributed by atoms with Crippen LogP contribution in [0.2, 0.25) is 0 Å². The van der Waals surface area contributed by atoms with Crippen molar-refractivity contribution in [1.29, 1.82) is 0 Å². The highest BCUT2D eigenvalue weighted by atomic mass is 32.2. The van der Waals surface area contributed by atoms with Crippen molar-refractivity contribution in [3.05, 3.63) is 145 Å². The minimum Gasteiger partial charge on any atom is -0.480 e. The summed E-state index contributed by atoms with van der Waals surface area (Å²) in [6.07, 6.45) is 4.18. The molecule has 1 saturated heterocycles. The Morgan fingerprint density at radius 1 is 0.600 bits per heavy atom. The Hall–Kier alpha value is -5.22. The molecule has 5 aromatic carbocycles. The second kappa shape index (κ2) is 24.1. The standard InChI is InChI=1S/C17H19NO4S.C15H15NO4S.C8H11N.C6H13N/c1-12(2)16(17(19)20)18-23(21,22)15-10-8-14(9-11-15)13-6-4-3-5-7-13;1-11(15(17)18)16-21(19,20)14-9-7-13(8-10-14)12-5-3-2-4-6-12;1-7(9)8-5-3-2-4-6-8;1-6-4-2-3-5-7-6/h3-12,16,18H,1-2H3,(H,19,20);2-11,16H,1H3,(H,17,18);2-7H,9H2,1H3;6-7H,2-5H2,1H3. The molecule has 0 aromatic heterocycles. The van der Waals surface area contributed by atoms with E-state index in [1.165, 1.54) is 62.6 Å². The Bertz CT molecular complexity index is 2250. The number of hydrogen-bond donors (Lipinski definition) is 6. The maximum atomic E-state index is 12.3. The van der Waals surface area contributed by atoms with Crippen molar-refractivity contribution in [3.63, 3.8) is 0 Å². The third-order valence-electron chi connectivity index (χ3n) is 9.34. The molecule has 5 aromatic rings. The van der Waals surface area contributed by atoms with Gasteiger partial charge in [0, 0.05) is 12.1 Å². The molecule has 0 saturated carbocycles. The van der Waals surface area contributed by atoms with Gasteiger partial charge in [-0.1, -0.05) is 136 Å². The van der Waals surface area contributed by atoms with Crippen molar-refractivity contribution in [2.45, 2.75) is 87.8 Å². The lowest BCUT2D eigenvalue weighted by atomic mass is 10.1. The molecular weight excluding hydrogens is 801 g/mol. The van der Waals surface area contributed by atoms with Crippen LogP contribution in [0.1, 0.15) is 65.5 Å². The molecule has 4 unspecified atom stereocenters. The molecule has 60 heavy (non-hydrogen) atoms. The van der Waals surface area contributed by atoms with Gasteiger partial charge in [-0.05, 0) is 98.2 Å². The maximum Gasteiger partial charge on any atom is 0.322 e. The van der Waals surface area contributed by atoms with Crippen molar-refractivity contribution in [2.24, 2.45) is 11.7 Å². The molecule has 12 nitrogen and oxygen atoms in total. The number of carboxylic acids is 2. The molecule has 0 bridgehead atoms. The predicted octanol–water partition coefficient (Wildman–Crippen LogP) is 7.70. The number of benzene rings is 5. The summed E-state index contributed by atoms with van der Waals surface area (Å²) in [5.74, 6) is -2.77. The monoisotopic (exact) mass is 858 g/mol. The van der Waals surface area contributed by atoms with Crippen molar-refractivity contribution in [3.8, 4) is 22.3 Å². The first-order valence-electron chi connectivity index (χ1n) is 19.8. The minimum absolute atomic E-state index is 0.0373. The van der Waals surface area contributed by atoms with Gasteiger partial charge in [0.05, 0.1) is 9.79 Å². The Balaban J connectivity index is 0.000000236. The van der Waals surface area contributed by atoms with Gasteiger partial charge in [-0.25, -0.2) is 16.8 Å². The summed E-state index contributed by atoms with van der Waals surface area (Å²) in [5, 5.41) is 21.3. The van der Waals surface area contributed by atoms with E-state index in [0.29, 0.717) is 0 Å². The molecule has 1 fully saturated rings. The third kappa shape index (κ3) is 16.4. The van der Waals surface area contributed by atoms with Crippen molar-refractivity contribution in [2.75, 3.05) is 6.54 Å². The quantitative estimate of drug-likeness (QED) is 0.0721. The third-order valence-corrected chi connectivity index (χ3v) is 12.4. The van der Waals surface area contributed by atoms with Gasteiger partial charge < -0.3 is 21.3 Å². The van der Waals surface area contributed by atoms with E-state index in [1.807, 2.05) is 97.9 Å². The van der Waals surface area contributed by atoms with Crippen LogP contribution >= 0.6 is 0 Å². The van der Waals surface area contributed by atoms with E-state index < -0.39 is 44.1 Å². The van der Waals surface area contributed by atoms with Crippen LogP contribution in [0.5, 0.6) is 0 Å². The average molecular weight is 859 g/mol. The Morgan fingerprint density at radius 2 is 1.00 bits per heavy atom. The van der Waals surface area contributed by atoms with E-state index >= 15 is 0 Å². The van der Waals surface area contributed by atoms with Crippen molar-refractivity contribution < 1.29 is 36.6 Å². The van der Waals surface area contributed by atoms with Crippen molar-refractivity contribution >= 4 is 32.0 Å². The first-order chi connectivity index (χ1) is 28.4. The summed E-state index contributed by atoms with van der Waals surface area (Å²) in [4.78, 5) is 22.0. The topological polar surface area (TPSA) is 205 Å². The lowest BCUT2D eigenvalue weighted by Gasteiger charge is -2.18. The van der Waals surface area contributed by atoms with Crippen LogP contribution in [0.25, 0.3) is 22.3 Å². The molecule has 0 amide bonds. The summed E-state index contributed by atoms with van der Waals surface area (Å²) in [6, 6.07) is 40.4. The van der Waals surface area contributed by atoms with Crippen LogP contribution in [-0.4, -0.2) is 63.7 Å². The zero-order valence-corrected chi connectivity index (χ0v) is 36.4. The number of hydrogen-bond acceptors (Lipinski definition) is 8. The molecule has 0 radical (unpaired) electrons. The van der Waals surface area contributed by atoms with Gasteiger partial charge in [0.2, 0.25) is 20.0 Å². The van der Waals surface area contributed by atoms with Gasteiger partial charge in [-0.2, -0.15) is 9.44 Å². The summed E-state index contributed by atoms with van der Waals surface area (Å²) in [7, 11) is -7.71. The zero-order valence-electron chi connectivity index (χ0n) is 34.7. The maximum absolute atomic E-state index is 12.3. The van der Waals surface area contributed by atoms with E-state index in [-0.39, 0.29) is 21.8 Å². The van der Waals surface area contributed by atoms with Crippen LogP contribution in [0, 0.1) is 5.92 Å². The average Bonchev–Trinajstić information content (AvgIpc) is 3.24. The van der Waals surface area contributed by atoms with E-state index in [0.717, 1.165) is 28.3 Å². The molecule has 322 valence electrons. The fourth-order valence-electron chi connectivity index (χ4n) is 5.75. The van der Waals surface area contributed by atoms with E-state index in [2.05, 4.69) is 21.7 Å². The second-order valence-electron chi connectivity index (χ2n) is 14.7. The van der Waals surface area contributed by atoms with Crippen molar-refractivity contribution in [1.82, 2.24) is 14.8 Å². The number of nitrogens with two attached hydrogens (primary N) is 1. The molecule has 1 aliphatic rings. The Kier molecular flexibility index (Phi) is 19.8. The lowest BCUT2D eigenvalue weighted by molar-refractivity contribution is -0.140. The molecule has 6 rings (SSSR count). The summed E-state index contributed by atoms with van der Waals surface area (Å²) in [6.45, 7) is 10.0. The first kappa shape index (κ1) is 49.1. The van der Waals surface area contributed by atoms with Crippen LogP contribution < -0.4 is 20.5 Å². The first-order valence-corrected chi connectivity index (χ1v) is 22.7. The number of sulfonamides is 2. The lowest BCUT2D eigenvalue weighted by Crippen LogP contribution is -2.44. The van der Waals surface area contributed by atoms with Crippen LogP contribution in [0.3, 0.4) is 0 Å². The molecule has 4 atom stereocenters. The molecule has 1 aliphatic heterocycles. The fourth-order valence-corrected chi connectivity index (χ4v) is 8.29. The predicted molar refractivity (Wildman–Crippen MR) is 238 cm³/mol. The van der Waals surface area contributed by atoms with Crippen LogP contribution in [0.15, 0.2) is 149 Å². The molecular formula is C46H58N4O8S2. The number of piperidine rings is 1. The smallest absolute Gasteiger partial charge is 0.322 e. The number of carboxylic acid groups (broad SMARTS) is 2. The summed E-state index contributed by atoms with van der Waals surface area (Å²) >= 11 is 0. The largest absolute Gasteiger partial charge is 0.480 e. The van der Waals surface area contributed by atoms with Gasteiger partial charge in [0.1, 0.15) is 12.1 Å². The second-order valence-corrected chi connectivity index (χ2v) is 18.1. The minimum atomic E-state index is -3.88. The highest BCUT2D eigenvalue weighted by molar-refractivity contribution is 7.89. The highest BCUT2D eigenvalue weighted by Crippen LogP contribution is 2.23. The van der Waals surface area contributed by atoms with Gasteiger partial charge in [-0.3, -0.25) is 9.59 Å². The molecule has 14 heteroatoms. The van der Waals surface area contributed by atoms with Gasteiger partial charge in [-0.15, -0.1) is 0 Å². The molecule has 7 N–H and O–H groups in total. The zero-order chi connectivity index (χ0) is 44.3. The molecule has 0 aliphatic carbocycles. The fraction of sp³-hybridized carbons (Fsp3) is 0.304. The van der Waals surface area contributed by atoms with E-state index in [1.54, 1.807) is 38.1 Å². The van der Waals surface area contributed by atoms with Gasteiger partial charge in [0.25, 0.3) is 0 Å². The Labute approximate surface area is 355 Å².